The molecule has 1 saturated heterocycles. The van der Waals surface area contributed by atoms with Gasteiger partial charge >= 0.3 is 0 Å². The number of nitrogens with zero attached hydrogens (tertiary/aromatic N) is 2. The maximum Gasteiger partial charge on any atom is 0.131 e. The molecule has 2 aliphatic heterocycles. The molecule has 4 nitrogen and oxygen atoms in total. The number of likely N-dealkylation sites (tertiary alicyclic amines) is 1. The van der Waals surface area contributed by atoms with Crippen molar-refractivity contribution < 1.29 is 9.47 Å². The largest absolute Gasteiger partial charge is 0.497 e. The minimum absolute atomic E-state index is 0.493. The first-order valence-corrected chi connectivity index (χ1v) is 8.42. The Balaban J connectivity index is 1.91. The van der Waals surface area contributed by atoms with Crippen molar-refractivity contribution in [3.05, 3.63) is 58.9 Å². The zero-order chi connectivity index (χ0) is 16.5. The van der Waals surface area contributed by atoms with Crippen LogP contribution in [0, 0.1) is 0 Å². The maximum atomic E-state index is 6.07. The van der Waals surface area contributed by atoms with Crippen molar-refractivity contribution in [2.75, 3.05) is 27.2 Å². The molecule has 0 unspecified atom stereocenters. The van der Waals surface area contributed by atoms with E-state index in [1.165, 1.54) is 16.7 Å². The summed E-state index contributed by atoms with van der Waals surface area (Å²) in [5.74, 6) is 1.70. The number of rotatable bonds is 1. The highest BCUT2D eigenvalue weighted by atomic mass is 16.5. The molecular formula is C20H22N2O2. The van der Waals surface area contributed by atoms with E-state index in [0.717, 1.165) is 48.7 Å². The zero-order valence-electron chi connectivity index (χ0n) is 14.2. The maximum absolute atomic E-state index is 6.07. The molecule has 2 aromatic rings. The average molecular weight is 322 g/mol. The summed E-state index contributed by atoms with van der Waals surface area (Å²) < 4.78 is 11.4. The van der Waals surface area contributed by atoms with Crippen LogP contribution in [0.15, 0.2) is 42.1 Å². The van der Waals surface area contributed by atoms with Crippen LogP contribution in [0.4, 0.5) is 0 Å². The van der Waals surface area contributed by atoms with E-state index in [-0.39, 0.29) is 0 Å². The number of ether oxygens (including phenoxy) is 2. The number of pyridine rings is 1. The van der Waals surface area contributed by atoms with E-state index in [2.05, 4.69) is 29.1 Å². The Bertz CT molecular complexity index is 788. The Morgan fingerprint density at radius 3 is 2.75 bits per heavy atom. The van der Waals surface area contributed by atoms with Crippen LogP contribution < -0.4 is 9.47 Å². The lowest BCUT2D eigenvalue weighted by Crippen LogP contribution is -2.27. The quantitative estimate of drug-likeness (QED) is 0.805. The van der Waals surface area contributed by atoms with E-state index >= 15 is 0 Å². The van der Waals surface area contributed by atoms with Gasteiger partial charge < -0.3 is 14.4 Å². The van der Waals surface area contributed by atoms with Gasteiger partial charge in [0.25, 0.3) is 0 Å². The Morgan fingerprint density at radius 2 is 1.96 bits per heavy atom. The summed E-state index contributed by atoms with van der Waals surface area (Å²) in [7, 11) is 3.87. The van der Waals surface area contributed by atoms with Crippen molar-refractivity contribution in [3.8, 4) is 11.5 Å². The molecule has 124 valence electrons. The second kappa shape index (κ2) is 6.29. The van der Waals surface area contributed by atoms with Crippen LogP contribution in [0.3, 0.4) is 0 Å². The molecule has 0 atom stereocenters. The van der Waals surface area contributed by atoms with E-state index in [1.807, 2.05) is 24.4 Å². The highest BCUT2D eigenvalue weighted by Gasteiger charge is 2.24. The van der Waals surface area contributed by atoms with Gasteiger partial charge in [-0.1, -0.05) is 11.6 Å². The van der Waals surface area contributed by atoms with E-state index in [0.29, 0.717) is 6.61 Å². The van der Waals surface area contributed by atoms with Gasteiger partial charge in [0.2, 0.25) is 0 Å². The Hall–Kier alpha value is -2.33. The van der Waals surface area contributed by atoms with Crippen LogP contribution in [0.25, 0.3) is 5.57 Å². The van der Waals surface area contributed by atoms with Gasteiger partial charge in [0.1, 0.15) is 18.1 Å². The third-order valence-corrected chi connectivity index (χ3v) is 4.93. The molecule has 1 aromatic carbocycles. The lowest BCUT2D eigenvalue weighted by atomic mass is 9.88. The second-order valence-electron chi connectivity index (χ2n) is 6.43. The van der Waals surface area contributed by atoms with Crippen LogP contribution in [0.1, 0.15) is 29.7 Å². The van der Waals surface area contributed by atoms with Gasteiger partial charge in [-0.25, -0.2) is 0 Å². The molecular weight excluding hydrogens is 300 g/mol. The van der Waals surface area contributed by atoms with E-state index in [4.69, 9.17) is 9.47 Å². The fraction of sp³-hybridized carbons (Fsp3) is 0.350. The van der Waals surface area contributed by atoms with Gasteiger partial charge in [-0.15, -0.1) is 0 Å². The number of hydrogen-bond donors (Lipinski definition) is 0. The molecule has 0 aliphatic carbocycles. The number of hydrogen-bond acceptors (Lipinski definition) is 4. The second-order valence-corrected chi connectivity index (χ2v) is 6.43. The first kappa shape index (κ1) is 15.2. The lowest BCUT2D eigenvalue weighted by molar-refractivity contribution is 0.300. The van der Waals surface area contributed by atoms with Crippen molar-refractivity contribution in [2.45, 2.75) is 19.4 Å². The van der Waals surface area contributed by atoms with Crippen molar-refractivity contribution >= 4 is 5.57 Å². The molecule has 4 rings (SSSR count). The minimum atomic E-state index is 0.493. The Labute approximate surface area is 142 Å². The standard InChI is InChI=1S/C20H22N2O2/c1-22-10-7-14(8-11-22)20-16-4-3-9-21-18(16)13-24-19-12-15(23-2)5-6-17(19)20/h3-6,9,12H,7-8,10-11,13H2,1-2H3. The number of aromatic nitrogens is 1. The summed E-state index contributed by atoms with van der Waals surface area (Å²) in [5.41, 5.74) is 6.18. The molecule has 2 aliphatic rings. The predicted molar refractivity (Wildman–Crippen MR) is 94.3 cm³/mol. The van der Waals surface area contributed by atoms with Gasteiger partial charge in [0, 0.05) is 36.5 Å². The predicted octanol–water partition coefficient (Wildman–Crippen LogP) is 3.51. The Morgan fingerprint density at radius 1 is 1.12 bits per heavy atom. The molecule has 4 heteroatoms. The molecule has 0 amide bonds. The first-order valence-electron chi connectivity index (χ1n) is 8.42. The highest BCUT2D eigenvalue weighted by molar-refractivity contribution is 5.86. The van der Waals surface area contributed by atoms with Gasteiger partial charge in [0.15, 0.2) is 0 Å². The van der Waals surface area contributed by atoms with Crippen LogP contribution >= 0.6 is 0 Å². The Kier molecular flexibility index (Phi) is 3.98. The fourth-order valence-corrected chi connectivity index (χ4v) is 3.55. The van der Waals surface area contributed by atoms with Gasteiger partial charge in [0.05, 0.1) is 12.8 Å². The molecule has 0 spiro atoms. The summed E-state index contributed by atoms with van der Waals surface area (Å²) in [4.78, 5) is 6.95. The lowest BCUT2D eigenvalue weighted by Gasteiger charge is -2.27. The summed E-state index contributed by atoms with van der Waals surface area (Å²) in [6, 6.07) is 10.3. The van der Waals surface area contributed by atoms with Crippen LogP contribution in [-0.2, 0) is 6.61 Å². The first-order chi connectivity index (χ1) is 11.8. The molecule has 3 heterocycles. The van der Waals surface area contributed by atoms with Crippen LogP contribution in [0.5, 0.6) is 11.5 Å². The molecule has 1 fully saturated rings. The third kappa shape index (κ3) is 2.67. The summed E-state index contributed by atoms with van der Waals surface area (Å²) in [6.07, 6.45) is 4.02. The number of piperidine rings is 1. The van der Waals surface area contributed by atoms with Crippen LogP contribution in [0.2, 0.25) is 0 Å². The smallest absolute Gasteiger partial charge is 0.131 e. The molecule has 0 saturated carbocycles. The number of fused-ring (bicyclic) bond motifs is 2. The minimum Gasteiger partial charge on any atom is -0.497 e. The summed E-state index contributed by atoms with van der Waals surface area (Å²) in [5, 5.41) is 0. The van der Waals surface area contributed by atoms with Gasteiger partial charge in [-0.05, 0) is 43.7 Å². The molecule has 0 N–H and O–H groups in total. The van der Waals surface area contributed by atoms with Gasteiger partial charge in [-0.2, -0.15) is 0 Å². The van der Waals surface area contributed by atoms with Crippen LogP contribution in [-0.4, -0.2) is 37.1 Å². The van der Waals surface area contributed by atoms with Crippen molar-refractivity contribution in [1.82, 2.24) is 9.88 Å². The number of methoxy groups -OCH3 is 1. The summed E-state index contributed by atoms with van der Waals surface area (Å²) >= 11 is 0. The monoisotopic (exact) mass is 322 g/mol. The SMILES string of the molecule is COc1ccc2c(c1)OCc1ncccc1C2=C1CCN(C)CC1. The molecule has 0 radical (unpaired) electrons. The summed E-state index contributed by atoms with van der Waals surface area (Å²) in [6.45, 7) is 2.69. The van der Waals surface area contributed by atoms with Crippen molar-refractivity contribution in [3.63, 3.8) is 0 Å². The fourth-order valence-electron chi connectivity index (χ4n) is 3.55. The highest BCUT2D eigenvalue weighted by Crippen LogP contribution is 2.41. The van der Waals surface area contributed by atoms with E-state index in [1.54, 1.807) is 7.11 Å². The molecule has 0 bridgehead atoms. The molecule has 24 heavy (non-hydrogen) atoms. The topological polar surface area (TPSA) is 34.6 Å². The zero-order valence-corrected chi connectivity index (χ0v) is 14.2. The van der Waals surface area contributed by atoms with E-state index in [9.17, 15) is 0 Å². The molecule has 1 aromatic heterocycles. The normalized spacial score (nSPS) is 17.6. The van der Waals surface area contributed by atoms with Crippen molar-refractivity contribution in [1.29, 1.82) is 0 Å². The average Bonchev–Trinajstić information content (AvgIpc) is 2.79. The third-order valence-electron chi connectivity index (χ3n) is 4.93. The van der Waals surface area contributed by atoms with E-state index < -0.39 is 0 Å². The van der Waals surface area contributed by atoms with Crippen molar-refractivity contribution in [2.24, 2.45) is 0 Å². The van der Waals surface area contributed by atoms with Gasteiger partial charge in [-0.3, -0.25) is 4.98 Å². The number of benzene rings is 1.